The van der Waals surface area contributed by atoms with Crippen molar-refractivity contribution in [2.24, 2.45) is 29.1 Å². The molecule has 0 aliphatic heterocycles. The largest absolute Gasteiger partial charge is 0.417 e. The van der Waals surface area contributed by atoms with E-state index < -0.39 is 17.2 Å². The van der Waals surface area contributed by atoms with Crippen molar-refractivity contribution in [1.29, 1.82) is 0 Å². The fourth-order valence-corrected chi connectivity index (χ4v) is 7.41. The van der Waals surface area contributed by atoms with Gasteiger partial charge in [0.05, 0.1) is 4.48 Å². The Morgan fingerprint density at radius 3 is 2.48 bits per heavy atom. The average Bonchev–Trinajstić information content (AvgIpc) is 2.83. The third-order valence-corrected chi connectivity index (χ3v) is 8.99. The maximum atomic E-state index is 13.6. The van der Waals surface area contributed by atoms with Crippen LogP contribution in [-0.4, -0.2) is 22.7 Å². The van der Waals surface area contributed by atoms with E-state index in [-0.39, 0.29) is 24.0 Å². The molecule has 0 aromatic carbocycles. The summed E-state index contributed by atoms with van der Waals surface area (Å²) in [7, 11) is 0. The number of fused-ring (bicyclic) bond motifs is 5. The highest BCUT2D eigenvalue weighted by molar-refractivity contribution is 9.12. The number of Topliss-reactive ketones (excluding diaryl/α,β-unsaturated/α-hetero) is 1. The van der Waals surface area contributed by atoms with Gasteiger partial charge in [-0.3, -0.25) is 4.79 Å². The molecule has 3 saturated carbocycles. The highest BCUT2D eigenvalue weighted by atomic mass is 79.9. The average molecular weight is 421 g/mol. The van der Waals surface area contributed by atoms with E-state index in [1.54, 1.807) is 6.92 Å². The topological polar surface area (TPSA) is 37.3 Å². The second kappa shape index (κ2) is 5.57. The van der Waals surface area contributed by atoms with E-state index in [4.69, 9.17) is 0 Å². The first-order valence-corrected chi connectivity index (χ1v) is 10.1. The van der Waals surface area contributed by atoms with Crippen molar-refractivity contribution in [3.8, 4) is 0 Å². The number of allylic oxidation sites excluding steroid dienone is 1. The van der Waals surface area contributed by atoms with Crippen LogP contribution in [-0.2, 0) is 4.79 Å². The summed E-state index contributed by atoms with van der Waals surface area (Å²) in [5, 5.41) is 10.6. The van der Waals surface area contributed by atoms with Crippen LogP contribution < -0.4 is 0 Å². The predicted octanol–water partition coefficient (Wildman–Crippen LogP) is 5.14. The molecule has 4 aliphatic carbocycles. The quantitative estimate of drug-likeness (QED) is 0.588. The second-order valence-corrected chi connectivity index (χ2v) is 9.53. The van der Waals surface area contributed by atoms with Gasteiger partial charge in [-0.25, -0.2) is 0 Å². The Bertz CT molecular complexity index is 643. The summed E-state index contributed by atoms with van der Waals surface area (Å²) in [5.41, 5.74) is -2.42. The molecular weight excluding hydrogens is 397 g/mol. The molecule has 25 heavy (non-hydrogen) atoms. The zero-order chi connectivity index (χ0) is 18.2. The molecule has 4 rings (SSSR count). The van der Waals surface area contributed by atoms with Gasteiger partial charge in [-0.1, -0.05) is 6.92 Å². The van der Waals surface area contributed by atoms with Gasteiger partial charge in [0.15, 0.2) is 11.4 Å². The van der Waals surface area contributed by atoms with E-state index in [0.29, 0.717) is 31.1 Å². The van der Waals surface area contributed by atoms with Crippen LogP contribution >= 0.6 is 15.9 Å². The molecule has 0 spiro atoms. The van der Waals surface area contributed by atoms with Gasteiger partial charge in [-0.15, -0.1) is 0 Å². The van der Waals surface area contributed by atoms with E-state index in [1.807, 2.05) is 0 Å². The molecule has 0 saturated heterocycles. The van der Waals surface area contributed by atoms with Gasteiger partial charge in [-0.2, -0.15) is 13.2 Å². The number of aliphatic hydroxyl groups is 1. The lowest BCUT2D eigenvalue weighted by atomic mass is 9.50. The molecule has 0 radical (unpaired) electrons. The third-order valence-electron chi connectivity index (χ3n) is 8.03. The number of alkyl halides is 3. The number of hydrogen-bond acceptors (Lipinski definition) is 2. The van der Waals surface area contributed by atoms with E-state index in [1.165, 1.54) is 5.57 Å². The zero-order valence-corrected chi connectivity index (χ0v) is 15.9. The Hall–Kier alpha value is -0.360. The predicted molar refractivity (Wildman–Crippen MR) is 91.0 cm³/mol. The summed E-state index contributed by atoms with van der Waals surface area (Å²) in [4.78, 5) is 12.0. The normalized spacial score (nSPS) is 47.4. The van der Waals surface area contributed by atoms with Crippen molar-refractivity contribution in [1.82, 2.24) is 0 Å². The van der Waals surface area contributed by atoms with Gasteiger partial charge in [0.1, 0.15) is 0 Å². The minimum atomic E-state index is -4.57. The first kappa shape index (κ1) is 18.0. The first-order valence-electron chi connectivity index (χ1n) is 9.31. The van der Waals surface area contributed by atoms with Gasteiger partial charge < -0.3 is 5.11 Å². The van der Waals surface area contributed by atoms with Crippen LogP contribution in [0.1, 0.15) is 58.3 Å². The maximum absolute atomic E-state index is 13.6. The number of hydrogen-bond donors (Lipinski definition) is 1. The van der Waals surface area contributed by atoms with Crippen LogP contribution in [0.3, 0.4) is 0 Å². The molecule has 1 unspecified atom stereocenters. The van der Waals surface area contributed by atoms with Crippen LogP contribution in [0, 0.1) is 29.1 Å². The van der Waals surface area contributed by atoms with Crippen molar-refractivity contribution in [3.63, 3.8) is 0 Å². The Labute approximate surface area is 154 Å². The van der Waals surface area contributed by atoms with Crippen molar-refractivity contribution < 1.29 is 23.1 Å². The molecule has 0 aromatic heterocycles. The SMILES string of the molecule is C[C@]12CC[C@H]3[C@@H](CCC4=C(Br)C(=O)CC[C@@H]43)[C@@H]1CCC2(O)C(F)(F)F. The lowest BCUT2D eigenvalue weighted by molar-refractivity contribution is -0.302. The summed E-state index contributed by atoms with van der Waals surface area (Å²) in [6, 6.07) is 0. The molecule has 4 aliphatic rings. The Morgan fingerprint density at radius 2 is 1.80 bits per heavy atom. The van der Waals surface area contributed by atoms with Gasteiger partial charge in [0.2, 0.25) is 0 Å². The smallest absolute Gasteiger partial charge is 0.380 e. The molecule has 0 bridgehead atoms. The zero-order valence-electron chi connectivity index (χ0n) is 14.3. The minimum Gasteiger partial charge on any atom is -0.380 e. The van der Waals surface area contributed by atoms with Gasteiger partial charge in [0, 0.05) is 11.8 Å². The molecule has 0 heterocycles. The fraction of sp³-hybridized carbons (Fsp3) is 0.842. The molecule has 0 aromatic rings. The van der Waals surface area contributed by atoms with Crippen LogP contribution in [0.25, 0.3) is 0 Å². The Kier molecular flexibility index (Phi) is 4.02. The molecule has 6 heteroatoms. The fourth-order valence-electron chi connectivity index (χ4n) is 6.72. The third kappa shape index (κ3) is 2.28. The number of halogens is 4. The summed E-state index contributed by atoms with van der Waals surface area (Å²) in [6.07, 6.45) is -0.131. The minimum absolute atomic E-state index is 0.0733. The van der Waals surface area contributed by atoms with Crippen LogP contribution in [0.15, 0.2) is 10.1 Å². The Balaban J connectivity index is 1.67. The van der Waals surface area contributed by atoms with Gasteiger partial charge >= 0.3 is 6.18 Å². The number of ketones is 1. The van der Waals surface area contributed by atoms with Crippen molar-refractivity contribution in [2.75, 3.05) is 0 Å². The lowest BCUT2D eigenvalue weighted by Crippen LogP contribution is -2.59. The molecule has 1 N–H and O–H groups in total. The number of rotatable bonds is 0. The number of carbonyl (C=O) groups is 1. The second-order valence-electron chi connectivity index (χ2n) is 8.73. The van der Waals surface area contributed by atoms with Crippen LogP contribution in [0.4, 0.5) is 13.2 Å². The van der Waals surface area contributed by atoms with Gasteiger partial charge in [0.25, 0.3) is 0 Å². The molecule has 3 fully saturated rings. The molecule has 0 amide bonds. The number of carbonyl (C=O) groups excluding carboxylic acids is 1. The van der Waals surface area contributed by atoms with Gasteiger partial charge in [-0.05, 0) is 90.1 Å². The molecule has 140 valence electrons. The van der Waals surface area contributed by atoms with Crippen LogP contribution in [0.5, 0.6) is 0 Å². The van der Waals surface area contributed by atoms with Crippen molar-refractivity contribution in [3.05, 3.63) is 10.1 Å². The molecule has 2 nitrogen and oxygen atoms in total. The van der Waals surface area contributed by atoms with E-state index >= 15 is 0 Å². The molecule has 6 atom stereocenters. The standard InChI is InChI=1S/C19H24BrF3O2/c1-17-8-6-11-10-4-5-15(24)16(20)13(10)3-2-12(11)14(17)7-9-18(17,25)19(21,22)23/h10-12,14,25H,2-9H2,1H3/t10-,11-,12-,14+,17+,18?/m1/s1. The monoisotopic (exact) mass is 420 g/mol. The van der Waals surface area contributed by atoms with Crippen molar-refractivity contribution in [2.45, 2.75) is 70.1 Å². The summed E-state index contributed by atoms with van der Waals surface area (Å²) < 4.78 is 41.7. The Morgan fingerprint density at radius 1 is 1.08 bits per heavy atom. The highest BCUT2D eigenvalue weighted by Crippen LogP contribution is 2.67. The van der Waals surface area contributed by atoms with Crippen LogP contribution in [0.2, 0.25) is 0 Å². The highest BCUT2D eigenvalue weighted by Gasteiger charge is 2.71. The molecular formula is C19H24BrF3O2. The van der Waals surface area contributed by atoms with E-state index in [9.17, 15) is 23.1 Å². The van der Waals surface area contributed by atoms with Crippen molar-refractivity contribution >= 4 is 21.7 Å². The first-order chi connectivity index (χ1) is 11.6. The maximum Gasteiger partial charge on any atom is 0.417 e. The lowest BCUT2D eigenvalue weighted by Gasteiger charge is -2.55. The van der Waals surface area contributed by atoms with E-state index in [0.717, 1.165) is 30.2 Å². The van der Waals surface area contributed by atoms with E-state index in [2.05, 4.69) is 15.9 Å². The summed E-state index contributed by atoms with van der Waals surface area (Å²) in [6.45, 7) is 1.67. The summed E-state index contributed by atoms with van der Waals surface area (Å²) >= 11 is 3.46. The summed E-state index contributed by atoms with van der Waals surface area (Å²) in [5.74, 6) is 1.01.